The summed E-state index contributed by atoms with van der Waals surface area (Å²) < 4.78 is 13.4. The number of rotatable bonds is 3. The summed E-state index contributed by atoms with van der Waals surface area (Å²) in [6.45, 7) is 1.86. The van der Waals surface area contributed by atoms with Crippen molar-refractivity contribution in [3.63, 3.8) is 0 Å². The quantitative estimate of drug-likeness (QED) is 0.736. The van der Waals surface area contributed by atoms with Gasteiger partial charge in [-0.25, -0.2) is 9.18 Å². The fourth-order valence-corrected chi connectivity index (χ4v) is 2.36. The number of hydrogen-bond acceptors (Lipinski definition) is 2. The zero-order valence-corrected chi connectivity index (χ0v) is 8.37. The third kappa shape index (κ3) is 1.90. The first kappa shape index (κ1) is 11.4. The number of aliphatic hydroxyl groups is 1. The molecule has 82 valence electrons. The lowest BCUT2D eigenvalue weighted by Crippen LogP contribution is -2.51. The Bertz CT molecular complexity index is 219. The highest BCUT2D eigenvalue weighted by Crippen LogP contribution is 2.39. The lowest BCUT2D eigenvalue weighted by Gasteiger charge is -2.40. The molecule has 0 aliphatic heterocycles. The third-order valence-electron chi connectivity index (χ3n) is 3.24. The fourth-order valence-electron chi connectivity index (χ4n) is 2.36. The molecule has 0 heterocycles. The lowest BCUT2D eigenvalue weighted by atomic mass is 9.71. The molecule has 3 unspecified atom stereocenters. The molecule has 0 aromatic carbocycles. The molecule has 0 bridgehead atoms. The minimum absolute atomic E-state index is 0.220. The first-order valence-electron chi connectivity index (χ1n) is 5.11. The van der Waals surface area contributed by atoms with Crippen molar-refractivity contribution in [1.82, 2.24) is 0 Å². The molecule has 3 atom stereocenters. The van der Waals surface area contributed by atoms with Crippen LogP contribution in [-0.4, -0.2) is 28.0 Å². The first-order chi connectivity index (χ1) is 6.52. The second kappa shape index (κ2) is 4.26. The Hall–Kier alpha value is -0.640. The number of aliphatic carboxylic acids is 1. The van der Waals surface area contributed by atoms with Crippen molar-refractivity contribution >= 4 is 5.97 Å². The molecule has 4 heteroatoms. The lowest BCUT2D eigenvalue weighted by molar-refractivity contribution is -0.164. The van der Waals surface area contributed by atoms with Gasteiger partial charge in [-0.1, -0.05) is 26.2 Å². The van der Waals surface area contributed by atoms with Crippen LogP contribution in [0.2, 0.25) is 0 Å². The smallest absolute Gasteiger partial charge is 0.341 e. The van der Waals surface area contributed by atoms with Crippen molar-refractivity contribution in [1.29, 1.82) is 0 Å². The molecule has 1 aliphatic carbocycles. The number of carboxylic acid groups (broad SMARTS) is 1. The summed E-state index contributed by atoms with van der Waals surface area (Å²) in [6.07, 6.45) is 1.13. The Labute approximate surface area is 82.9 Å². The van der Waals surface area contributed by atoms with Crippen molar-refractivity contribution in [3.05, 3.63) is 0 Å². The summed E-state index contributed by atoms with van der Waals surface area (Å²) in [5.41, 5.74) is -1.64. The maximum atomic E-state index is 13.4. The second-order valence-corrected chi connectivity index (χ2v) is 4.04. The van der Waals surface area contributed by atoms with Gasteiger partial charge in [-0.05, 0) is 18.8 Å². The van der Waals surface area contributed by atoms with Gasteiger partial charge in [-0.15, -0.1) is 0 Å². The van der Waals surface area contributed by atoms with Gasteiger partial charge in [0, 0.05) is 0 Å². The molecule has 2 N–H and O–H groups in total. The molecule has 0 amide bonds. The van der Waals surface area contributed by atoms with Gasteiger partial charge in [0.15, 0.2) is 0 Å². The number of carboxylic acids is 1. The van der Waals surface area contributed by atoms with Gasteiger partial charge in [0.25, 0.3) is 0 Å². The van der Waals surface area contributed by atoms with Gasteiger partial charge >= 0.3 is 5.97 Å². The standard InChI is InChI=1S/C10H17FO3/c1-2-7-5-3-4-6-10(7,14)8(11)9(12)13/h7-8,14H,2-6H2,1H3,(H,12,13). The Morgan fingerprint density at radius 2 is 2.29 bits per heavy atom. The van der Waals surface area contributed by atoms with Crippen molar-refractivity contribution in [2.75, 3.05) is 0 Å². The molecule has 1 fully saturated rings. The average molecular weight is 204 g/mol. The summed E-state index contributed by atoms with van der Waals surface area (Å²) >= 11 is 0. The molecule has 0 saturated heterocycles. The Balaban J connectivity index is 2.81. The SMILES string of the molecule is CCC1CCCCC1(O)C(F)C(=O)O. The van der Waals surface area contributed by atoms with E-state index >= 15 is 0 Å². The molecule has 1 saturated carbocycles. The highest BCUT2D eigenvalue weighted by Gasteiger charge is 2.48. The Morgan fingerprint density at radius 1 is 1.64 bits per heavy atom. The van der Waals surface area contributed by atoms with Crippen LogP contribution >= 0.6 is 0 Å². The highest BCUT2D eigenvalue weighted by molar-refractivity contribution is 5.73. The summed E-state index contributed by atoms with van der Waals surface area (Å²) in [5.74, 6) is -1.77. The van der Waals surface area contributed by atoms with Crippen LogP contribution in [0.3, 0.4) is 0 Å². The van der Waals surface area contributed by atoms with Crippen molar-refractivity contribution < 1.29 is 19.4 Å². The minimum atomic E-state index is -2.15. The van der Waals surface area contributed by atoms with E-state index in [0.29, 0.717) is 12.8 Å². The van der Waals surface area contributed by atoms with Crippen LogP contribution in [0.25, 0.3) is 0 Å². The normalized spacial score (nSPS) is 35.2. The van der Waals surface area contributed by atoms with Crippen molar-refractivity contribution in [2.45, 2.75) is 50.8 Å². The molecular formula is C10H17FO3. The van der Waals surface area contributed by atoms with E-state index in [-0.39, 0.29) is 12.3 Å². The molecule has 0 aromatic rings. The summed E-state index contributed by atoms with van der Waals surface area (Å²) in [6, 6.07) is 0. The summed E-state index contributed by atoms with van der Waals surface area (Å²) in [5, 5.41) is 18.6. The topological polar surface area (TPSA) is 57.5 Å². The van der Waals surface area contributed by atoms with Gasteiger partial charge in [-0.3, -0.25) is 0 Å². The molecule has 1 aliphatic rings. The van der Waals surface area contributed by atoms with Crippen LogP contribution in [0.1, 0.15) is 39.0 Å². The number of carbonyl (C=O) groups is 1. The maximum Gasteiger partial charge on any atom is 0.341 e. The number of halogens is 1. The van der Waals surface area contributed by atoms with Crippen LogP contribution in [0.15, 0.2) is 0 Å². The van der Waals surface area contributed by atoms with E-state index in [9.17, 15) is 14.3 Å². The predicted octanol–water partition coefficient (Wildman–Crippen LogP) is 1.74. The molecule has 3 nitrogen and oxygen atoms in total. The van der Waals surface area contributed by atoms with E-state index in [2.05, 4.69) is 0 Å². The van der Waals surface area contributed by atoms with E-state index in [1.165, 1.54) is 0 Å². The number of hydrogen-bond donors (Lipinski definition) is 2. The van der Waals surface area contributed by atoms with E-state index in [1.54, 1.807) is 0 Å². The zero-order chi connectivity index (χ0) is 10.8. The second-order valence-electron chi connectivity index (χ2n) is 4.04. The van der Waals surface area contributed by atoms with E-state index in [0.717, 1.165) is 12.8 Å². The Kier molecular flexibility index (Phi) is 3.48. The van der Waals surface area contributed by atoms with Gasteiger partial charge in [-0.2, -0.15) is 0 Å². The summed E-state index contributed by atoms with van der Waals surface area (Å²) in [4.78, 5) is 10.5. The van der Waals surface area contributed by atoms with E-state index in [4.69, 9.17) is 5.11 Å². The average Bonchev–Trinajstić information content (AvgIpc) is 2.17. The van der Waals surface area contributed by atoms with Crippen LogP contribution in [0.5, 0.6) is 0 Å². The molecule has 0 aromatic heterocycles. The minimum Gasteiger partial charge on any atom is -0.479 e. The largest absolute Gasteiger partial charge is 0.479 e. The summed E-state index contributed by atoms with van der Waals surface area (Å²) in [7, 11) is 0. The van der Waals surface area contributed by atoms with Crippen molar-refractivity contribution in [2.24, 2.45) is 5.92 Å². The Morgan fingerprint density at radius 3 is 2.79 bits per heavy atom. The molecule has 0 radical (unpaired) electrons. The van der Waals surface area contributed by atoms with Crippen LogP contribution in [-0.2, 0) is 4.79 Å². The van der Waals surface area contributed by atoms with Crippen LogP contribution < -0.4 is 0 Å². The molecule has 14 heavy (non-hydrogen) atoms. The van der Waals surface area contributed by atoms with Gasteiger partial charge in [0.05, 0.1) is 0 Å². The van der Waals surface area contributed by atoms with Gasteiger partial charge in [0.2, 0.25) is 6.17 Å². The third-order valence-corrected chi connectivity index (χ3v) is 3.24. The zero-order valence-electron chi connectivity index (χ0n) is 8.37. The molecule has 1 rings (SSSR count). The van der Waals surface area contributed by atoms with Crippen LogP contribution in [0, 0.1) is 5.92 Å². The maximum absolute atomic E-state index is 13.4. The van der Waals surface area contributed by atoms with Gasteiger partial charge < -0.3 is 10.2 Å². The molecular weight excluding hydrogens is 187 g/mol. The van der Waals surface area contributed by atoms with Crippen molar-refractivity contribution in [3.8, 4) is 0 Å². The van der Waals surface area contributed by atoms with E-state index < -0.39 is 17.7 Å². The highest BCUT2D eigenvalue weighted by atomic mass is 19.1. The molecule has 0 spiro atoms. The predicted molar refractivity (Wildman–Crippen MR) is 49.7 cm³/mol. The first-order valence-corrected chi connectivity index (χ1v) is 5.11. The fraction of sp³-hybridized carbons (Fsp3) is 0.900. The monoisotopic (exact) mass is 204 g/mol. The van der Waals surface area contributed by atoms with Crippen LogP contribution in [0.4, 0.5) is 4.39 Å². The number of alkyl halides is 1. The van der Waals surface area contributed by atoms with Gasteiger partial charge in [0.1, 0.15) is 5.60 Å². The van der Waals surface area contributed by atoms with E-state index in [1.807, 2.05) is 6.92 Å².